The topological polar surface area (TPSA) is 37.3 Å². The summed E-state index contributed by atoms with van der Waals surface area (Å²) in [5, 5.41) is 3.24. The van der Waals surface area contributed by atoms with E-state index < -0.39 is 0 Å². The van der Waals surface area contributed by atoms with E-state index in [0.29, 0.717) is 11.5 Å². The molecule has 0 saturated carbocycles. The van der Waals surface area contributed by atoms with Crippen LogP contribution in [0.1, 0.15) is 47.9 Å². The molecule has 1 aromatic heterocycles. The Hall–Kier alpha value is -3.53. The molecule has 34 heavy (non-hydrogen) atoms. The number of allylic oxidation sites excluding steroid dienone is 2. The summed E-state index contributed by atoms with van der Waals surface area (Å²) >= 11 is 0. The fraction of sp³-hybridized carbons (Fsp3) is 0.267. The molecule has 0 fully saturated rings. The number of hydrogen-bond donors (Lipinski definition) is 1. The molecule has 0 aliphatic rings. The Morgan fingerprint density at radius 2 is 1.91 bits per heavy atom. The Balaban J connectivity index is 1.80. The van der Waals surface area contributed by atoms with Crippen LogP contribution in [0.2, 0.25) is 0 Å². The third-order valence-corrected chi connectivity index (χ3v) is 6.22. The number of nitrogens with zero attached hydrogens (tertiary/aromatic N) is 2. The van der Waals surface area contributed by atoms with Crippen LogP contribution in [0.4, 0.5) is 4.39 Å². The van der Waals surface area contributed by atoms with Crippen LogP contribution in [0.3, 0.4) is 0 Å². The van der Waals surface area contributed by atoms with Crippen molar-refractivity contribution in [1.29, 1.82) is 0 Å². The highest BCUT2D eigenvalue weighted by molar-refractivity contribution is 6.09. The second-order valence-corrected chi connectivity index (χ2v) is 8.44. The van der Waals surface area contributed by atoms with Crippen LogP contribution < -0.4 is 5.32 Å². The normalized spacial score (nSPS) is 12.6. The van der Waals surface area contributed by atoms with E-state index in [9.17, 15) is 4.39 Å². The molecule has 0 saturated heterocycles. The lowest BCUT2D eigenvalue weighted by Crippen LogP contribution is -2.12. The fourth-order valence-electron chi connectivity index (χ4n) is 4.29. The largest absolute Gasteiger partial charge is 0.391 e. The highest BCUT2D eigenvalue weighted by Crippen LogP contribution is 2.30. The van der Waals surface area contributed by atoms with E-state index in [1.807, 2.05) is 20.1 Å². The van der Waals surface area contributed by atoms with Gasteiger partial charge in [0.05, 0.1) is 6.20 Å². The van der Waals surface area contributed by atoms with Crippen molar-refractivity contribution in [2.75, 3.05) is 13.6 Å². The quantitative estimate of drug-likeness (QED) is 0.246. The van der Waals surface area contributed by atoms with Gasteiger partial charge < -0.3 is 5.32 Å². The van der Waals surface area contributed by atoms with Crippen LogP contribution in [-0.2, 0) is 6.42 Å². The highest BCUT2D eigenvalue weighted by atomic mass is 19.1. The molecule has 4 heteroatoms. The van der Waals surface area contributed by atoms with E-state index in [-0.39, 0.29) is 5.82 Å². The van der Waals surface area contributed by atoms with Crippen LogP contribution in [-0.4, -0.2) is 24.8 Å². The SMILES string of the molecule is C=CNCCC(CCc1ccc(C)c(-c2ccncc2F)c1)c1ccc(C(/C=N\C)=C/C)cc1. The number of rotatable bonds is 11. The summed E-state index contributed by atoms with van der Waals surface area (Å²) in [6.45, 7) is 8.70. The van der Waals surface area contributed by atoms with E-state index in [0.717, 1.165) is 42.5 Å². The number of benzene rings is 2. The molecule has 0 aliphatic heterocycles. The first-order chi connectivity index (χ1) is 16.6. The van der Waals surface area contributed by atoms with Crippen molar-refractivity contribution < 1.29 is 4.39 Å². The second-order valence-electron chi connectivity index (χ2n) is 8.44. The average Bonchev–Trinajstić information content (AvgIpc) is 2.86. The first-order valence-electron chi connectivity index (χ1n) is 11.8. The van der Waals surface area contributed by atoms with Crippen LogP contribution >= 0.6 is 0 Å². The van der Waals surface area contributed by atoms with Gasteiger partial charge in [-0.1, -0.05) is 55.1 Å². The number of aromatic nitrogens is 1. The van der Waals surface area contributed by atoms with Crippen molar-refractivity contribution in [2.45, 2.75) is 39.0 Å². The van der Waals surface area contributed by atoms with Gasteiger partial charge in [-0.2, -0.15) is 0 Å². The number of halogens is 1. The third kappa shape index (κ3) is 6.50. The summed E-state index contributed by atoms with van der Waals surface area (Å²) in [5.74, 6) is 0.114. The molecule has 176 valence electrons. The third-order valence-electron chi connectivity index (χ3n) is 6.22. The van der Waals surface area contributed by atoms with E-state index >= 15 is 0 Å². The summed E-state index contributed by atoms with van der Waals surface area (Å²) in [4.78, 5) is 8.04. The zero-order valence-corrected chi connectivity index (χ0v) is 20.4. The smallest absolute Gasteiger partial charge is 0.149 e. The lowest BCUT2D eigenvalue weighted by Gasteiger charge is -2.19. The molecule has 1 atom stereocenters. The summed E-state index contributed by atoms with van der Waals surface area (Å²) in [7, 11) is 1.79. The maximum atomic E-state index is 14.4. The maximum absolute atomic E-state index is 14.4. The highest BCUT2D eigenvalue weighted by Gasteiger charge is 2.14. The number of aryl methyl sites for hydroxylation is 2. The first kappa shape index (κ1) is 25.1. The van der Waals surface area contributed by atoms with Crippen molar-refractivity contribution in [3.63, 3.8) is 0 Å². The van der Waals surface area contributed by atoms with Gasteiger partial charge in [-0.3, -0.25) is 9.98 Å². The lowest BCUT2D eigenvalue weighted by atomic mass is 9.87. The van der Waals surface area contributed by atoms with E-state index in [4.69, 9.17) is 0 Å². The zero-order chi connectivity index (χ0) is 24.3. The summed E-state index contributed by atoms with van der Waals surface area (Å²) in [5.41, 5.74) is 7.43. The minimum atomic E-state index is -0.287. The Morgan fingerprint density at radius 3 is 2.59 bits per heavy atom. The Bertz CT molecular complexity index is 1150. The molecule has 3 nitrogen and oxygen atoms in total. The van der Waals surface area contributed by atoms with Gasteiger partial charge in [-0.25, -0.2) is 4.39 Å². The van der Waals surface area contributed by atoms with E-state index in [2.05, 4.69) is 70.4 Å². The molecule has 3 rings (SSSR count). The number of aliphatic imine (C=N–C) groups is 1. The average molecular weight is 456 g/mol. The van der Waals surface area contributed by atoms with Crippen LogP contribution in [0.25, 0.3) is 16.7 Å². The van der Waals surface area contributed by atoms with Gasteiger partial charge in [-0.15, -0.1) is 0 Å². The van der Waals surface area contributed by atoms with Crippen molar-refractivity contribution >= 4 is 11.8 Å². The predicted octanol–water partition coefficient (Wildman–Crippen LogP) is 7.14. The number of hydrogen-bond acceptors (Lipinski definition) is 3. The molecule has 1 heterocycles. The minimum Gasteiger partial charge on any atom is -0.391 e. The first-order valence-corrected chi connectivity index (χ1v) is 11.8. The second kappa shape index (κ2) is 12.6. The van der Waals surface area contributed by atoms with Gasteiger partial charge in [0, 0.05) is 31.6 Å². The van der Waals surface area contributed by atoms with Gasteiger partial charge in [-0.05, 0) is 84.7 Å². The minimum absolute atomic E-state index is 0.287. The van der Waals surface area contributed by atoms with Crippen molar-refractivity contribution in [3.05, 3.63) is 108 Å². The predicted molar refractivity (Wildman–Crippen MR) is 143 cm³/mol. The Labute approximate surface area is 203 Å². The number of pyridine rings is 1. The molecule has 0 aliphatic carbocycles. The van der Waals surface area contributed by atoms with Crippen molar-refractivity contribution in [2.24, 2.45) is 4.99 Å². The lowest BCUT2D eigenvalue weighted by molar-refractivity contribution is 0.565. The van der Waals surface area contributed by atoms with Crippen LogP contribution in [0.5, 0.6) is 0 Å². The monoisotopic (exact) mass is 455 g/mol. The molecule has 0 bridgehead atoms. The maximum Gasteiger partial charge on any atom is 0.149 e. The summed E-state index contributed by atoms with van der Waals surface area (Å²) in [6, 6.07) is 16.9. The zero-order valence-electron chi connectivity index (χ0n) is 20.4. The molecule has 1 unspecified atom stereocenters. The molecular weight excluding hydrogens is 421 g/mol. The van der Waals surface area contributed by atoms with Crippen molar-refractivity contribution in [3.8, 4) is 11.1 Å². The number of nitrogens with one attached hydrogen (secondary N) is 1. The van der Waals surface area contributed by atoms with Crippen LogP contribution in [0, 0.1) is 12.7 Å². The molecular formula is C30H34FN3. The van der Waals surface area contributed by atoms with Gasteiger partial charge in [0.2, 0.25) is 0 Å². The Morgan fingerprint density at radius 1 is 1.12 bits per heavy atom. The molecule has 0 radical (unpaired) electrons. The molecule has 3 aromatic rings. The van der Waals surface area contributed by atoms with Gasteiger partial charge in [0.15, 0.2) is 0 Å². The van der Waals surface area contributed by atoms with E-state index in [1.165, 1.54) is 22.9 Å². The molecule has 1 N–H and O–H groups in total. The molecule has 0 amide bonds. The van der Waals surface area contributed by atoms with E-state index in [1.54, 1.807) is 25.5 Å². The summed E-state index contributed by atoms with van der Waals surface area (Å²) < 4.78 is 14.4. The molecule has 2 aromatic carbocycles. The summed E-state index contributed by atoms with van der Waals surface area (Å²) in [6.07, 6.45) is 11.6. The van der Waals surface area contributed by atoms with Crippen molar-refractivity contribution in [1.82, 2.24) is 10.3 Å². The van der Waals surface area contributed by atoms with Gasteiger partial charge >= 0.3 is 0 Å². The Kier molecular flexibility index (Phi) is 9.33. The molecule has 0 spiro atoms. The van der Waals surface area contributed by atoms with Gasteiger partial charge in [0.25, 0.3) is 0 Å². The van der Waals surface area contributed by atoms with Gasteiger partial charge in [0.1, 0.15) is 5.82 Å². The fourth-order valence-corrected chi connectivity index (χ4v) is 4.29. The standard InChI is InChI=1S/C30H34FN3/c1-5-24(20-32-4)25-11-13-26(14-12-25)27(15-17-33-6-2)10-9-23-8-7-22(3)29(19-23)28-16-18-34-21-30(28)31/h5-8,11-14,16,18-21,27,33H,2,9-10,15,17H2,1,3-4H3/b24-5+,32-20-. The van der Waals surface area contributed by atoms with Crippen LogP contribution in [0.15, 0.2) is 84.8 Å².